The molecule has 1 N–H and O–H groups in total. The Kier molecular flexibility index (Phi) is 6.44. The van der Waals surface area contributed by atoms with Crippen molar-refractivity contribution in [1.29, 1.82) is 0 Å². The van der Waals surface area contributed by atoms with E-state index >= 15 is 0 Å². The second kappa shape index (κ2) is 9.41. The molecular weight excluding hydrogens is 414 g/mol. The fourth-order valence-corrected chi connectivity index (χ4v) is 3.89. The fourth-order valence-electron chi connectivity index (χ4n) is 3.71. The van der Waals surface area contributed by atoms with Gasteiger partial charge in [-0.1, -0.05) is 29.3 Å². The Labute approximate surface area is 187 Å². The van der Waals surface area contributed by atoms with Crippen molar-refractivity contribution in [3.05, 3.63) is 65.4 Å². The molecule has 1 fully saturated rings. The van der Waals surface area contributed by atoms with E-state index in [0.717, 1.165) is 37.8 Å². The second-order valence-corrected chi connectivity index (χ2v) is 8.03. The molecule has 3 aromatic rings. The maximum absolute atomic E-state index is 12.6. The summed E-state index contributed by atoms with van der Waals surface area (Å²) in [4.78, 5) is 21.5. The van der Waals surface area contributed by atoms with Gasteiger partial charge in [0.25, 0.3) is 0 Å². The number of piperazine rings is 1. The molecule has 1 amide bonds. The van der Waals surface area contributed by atoms with Gasteiger partial charge in [-0.15, -0.1) is 0 Å². The zero-order valence-electron chi connectivity index (χ0n) is 17.7. The van der Waals surface area contributed by atoms with Crippen LogP contribution in [-0.2, 0) is 4.79 Å². The quantitative estimate of drug-likeness (QED) is 0.635. The van der Waals surface area contributed by atoms with Crippen molar-refractivity contribution in [2.24, 2.45) is 0 Å². The van der Waals surface area contributed by atoms with E-state index in [1.165, 1.54) is 5.56 Å². The van der Waals surface area contributed by atoms with Gasteiger partial charge in [-0.3, -0.25) is 14.3 Å². The van der Waals surface area contributed by atoms with Crippen LogP contribution in [0, 0.1) is 6.92 Å². The van der Waals surface area contributed by atoms with Crippen LogP contribution in [-0.4, -0.2) is 60.2 Å². The summed E-state index contributed by atoms with van der Waals surface area (Å²) in [5.41, 5.74) is 2.90. The van der Waals surface area contributed by atoms with Crippen LogP contribution in [0.3, 0.4) is 0 Å². The van der Waals surface area contributed by atoms with Gasteiger partial charge in [0.05, 0.1) is 19.3 Å². The van der Waals surface area contributed by atoms with E-state index < -0.39 is 0 Å². The van der Waals surface area contributed by atoms with E-state index in [9.17, 15) is 4.79 Å². The molecule has 0 spiro atoms. The first kappa shape index (κ1) is 21.2. The molecular formula is C23H26ClN5O2. The third-order valence-electron chi connectivity index (χ3n) is 5.39. The topological polar surface area (TPSA) is 62.6 Å². The zero-order valence-corrected chi connectivity index (χ0v) is 18.5. The van der Waals surface area contributed by atoms with E-state index in [0.29, 0.717) is 23.0 Å². The normalized spacial score (nSPS) is 14.5. The second-order valence-electron chi connectivity index (χ2n) is 7.59. The molecule has 0 saturated carbocycles. The molecule has 1 aromatic heterocycles. The summed E-state index contributed by atoms with van der Waals surface area (Å²) in [5.74, 6) is 1.43. The van der Waals surface area contributed by atoms with Crippen molar-refractivity contribution in [2.45, 2.75) is 6.92 Å². The van der Waals surface area contributed by atoms with Crippen LogP contribution in [0.1, 0.15) is 5.56 Å². The molecule has 4 rings (SSSR count). The predicted molar refractivity (Wildman–Crippen MR) is 124 cm³/mol. The van der Waals surface area contributed by atoms with E-state index in [1.807, 2.05) is 12.4 Å². The SMILES string of the molecule is COc1ccc(Cl)cc1NC(=O)CN1CCN(c2nccn2-c2ccc(C)cc2)CC1. The van der Waals surface area contributed by atoms with Crippen LogP contribution in [0.5, 0.6) is 5.75 Å². The first-order valence-electron chi connectivity index (χ1n) is 10.2. The van der Waals surface area contributed by atoms with E-state index in [-0.39, 0.29) is 5.91 Å². The molecule has 0 bridgehead atoms. The highest BCUT2D eigenvalue weighted by atomic mass is 35.5. The highest BCUT2D eigenvalue weighted by molar-refractivity contribution is 6.31. The number of amides is 1. The molecule has 162 valence electrons. The van der Waals surface area contributed by atoms with E-state index in [2.05, 4.69) is 55.9 Å². The lowest BCUT2D eigenvalue weighted by Crippen LogP contribution is -2.49. The molecule has 2 heterocycles. The van der Waals surface area contributed by atoms with Gasteiger partial charge in [-0.25, -0.2) is 4.98 Å². The van der Waals surface area contributed by atoms with Gasteiger partial charge in [0.2, 0.25) is 11.9 Å². The fraction of sp³-hybridized carbons (Fsp3) is 0.304. The lowest BCUT2D eigenvalue weighted by Gasteiger charge is -2.35. The Bertz CT molecular complexity index is 1040. The number of hydrogen-bond acceptors (Lipinski definition) is 5. The minimum absolute atomic E-state index is 0.0878. The average Bonchev–Trinajstić information content (AvgIpc) is 3.25. The lowest BCUT2D eigenvalue weighted by molar-refractivity contribution is -0.117. The monoisotopic (exact) mass is 439 g/mol. The Morgan fingerprint density at radius 2 is 1.87 bits per heavy atom. The molecule has 1 aliphatic rings. The lowest BCUT2D eigenvalue weighted by atomic mass is 10.2. The number of nitrogens with one attached hydrogen (secondary N) is 1. The minimum Gasteiger partial charge on any atom is -0.495 e. The third kappa shape index (κ3) is 5.00. The smallest absolute Gasteiger partial charge is 0.238 e. The van der Waals surface area contributed by atoms with Crippen LogP contribution >= 0.6 is 11.6 Å². The maximum atomic E-state index is 12.6. The van der Waals surface area contributed by atoms with Crippen molar-refractivity contribution in [1.82, 2.24) is 14.5 Å². The van der Waals surface area contributed by atoms with Crippen LogP contribution in [0.15, 0.2) is 54.9 Å². The zero-order chi connectivity index (χ0) is 21.8. The van der Waals surface area contributed by atoms with Crippen LogP contribution < -0.4 is 15.0 Å². The molecule has 0 radical (unpaired) electrons. The first-order chi connectivity index (χ1) is 15.0. The van der Waals surface area contributed by atoms with Gasteiger partial charge in [0.15, 0.2) is 0 Å². The number of aromatic nitrogens is 2. The van der Waals surface area contributed by atoms with Crippen LogP contribution in [0.2, 0.25) is 5.02 Å². The Hall–Kier alpha value is -3.03. The summed E-state index contributed by atoms with van der Waals surface area (Å²) in [6.07, 6.45) is 3.81. The van der Waals surface area contributed by atoms with Crippen molar-refractivity contribution in [3.8, 4) is 11.4 Å². The summed E-state index contributed by atoms with van der Waals surface area (Å²) in [6, 6.07) is 13.6. The molecule has 2 aromatic carbocycles. The number of aryl methyl sites for hydroxylation is 1. The minimum atomic E-state index is -0.0878. The molecule has 0 aliphatic carbocycles. The van der Waals surface area contributed by atoms with Crippen LogP contribution in [0.4, 0.5) is 11.6 Å². The Morgan fingerprint density at radius 1 is 1.13 bits per heavy atom. The Morgan fingerprint density at radius 3 is 2.58 bits per heavy atom. The number of carbonyl (C=O) groups is 1. The van der Waals surface area contributed by atoms with Crippen molar-refractivity contribution in [3.63, 3.8) is 0 Å². The van der Waals surface area contributed by atoms with Crippen molar-refractivity contribution >= 4 is 29.1 Å². The number of methoxy groups -OCH3 is 1. The van der Waals surface area contributed by atoms with E-state index in [4.69, 9.17) is 16.3 Å². The Balaban J connectivity index is 1.35. The first-order valence-corrected chi connectivity index (χ1v) is 10.6. The summed E-state index contributed by atoms with van der Waals surface area (Å²) in [6.45, 7) is 5.56. The highest BCUT2D eigenvalue weighted by Crippen LogP contribution is 2.27. The van der Waals surface area contributed by atoms with Gasteiger partial charge < -0.3 is 15.0 Å². The molecule has 1 aliphatic heterocycles. The molecule has 1 saturated heterocycles. The summed E-state index contributed by atoms with van der Waals surface area (Å²) in [7, 11) is 1.57. The molecule has 31 heavy (non-hydrogen) atoms. The molecule has 8 heteroatoms. The predicted octanol–water partition coefficient (Wildman–Crippen LogP) is 3.60. The number of anilines is 2. The van der Waals surface area contributed by atoms with Gasteiger partial charge >= 0.3 is 0 Å². The largest absolute Gasteiger partial charge is 0.495 e. The number of nitrogens with zero attached hydrogens (tertiary/aromatic N) is 4. The van der Waals surface area contributed by atoms with Gasteiger partial charge in [0, 0.05) is 49.3 Å². The third-order valence-corrected chi connectivity index (χ3v) is 5.63. The van der Waals surface area contributed by atoms with E-state index in [1.54, 1.807) is 25.3 Å². The number of rotatable bonds is 6. The molecule has 0 unspecified atom stereocenters. The van der Waals surface area contributed by atoms with Crippen molar-refractivity contribution < 1.29 is 9.53 Å². The molecule has 7 nitrogen and oxygen atoms in total. The average molecular weight is 440 g/mol. The number of benzene rings is 2. The van der Waals surface area contributed by atoms with Gasteiger partial charge in [0.1, 0.15) is 5.75 Å². The van der Waals surface area contributed by atoms with Crippen molar-refractivity contribution in [2.75, 3.05) is 50.1 Å². The summed E-state index contributed by atoms with van der Waals surface area (Å²) >= 11 is 6.05. The van der Waals surface area contributed by atoms with Gasteiger partial charge in [-0.05, 0) is 37.3 Å². The highest BCUT2D eigenvalue weighted by Gasteiger charge is 2.22. The number of hydrogen-bond donors (Lipinski definition) is 1. The number of carbonyl (C=O) groups excluding carboxylic acids is 1. The summed E-state index contributed by atoms with van der Waals surface area (Å²) < 4.78 is 7.40. The van der Waals surface area contributed by atoms with Gasteiger partial charge in [-0.2, -0.15) is 0 Å². The maximum Gasteiger partial charge on any atom is 0.238 e. The number of halogens is 1. The van der Waals surface area contributed by atoms with Crippen LogP contribution in [0.25, 0.3) is 5.69 Å². The standard InChI is InChI=1S/C23H26ClN5O2/c1-17-3-6-19(7-4-17)29-10-9-25-23(29)28-13-11-27(12-14-28)16-22(30)26-20-15-18(24)5-8-21(20)31-2/h3-10,15H,11-14,16H2,1-2H3,(H,26,30). The number of imidazole rings is 1. The number of ether oxygens (including phenoxy) is 1. The molecule has 0 atom stereocenters. The summed E-state index contributed by atoms with van der Waals surface area (Å²) in [5, 5.41) is 3.45.